The number of rotatable bonds is 7. The van der Waals surface area contributed by atoms with Crippen LogP contribution in [0.5, 0.6) is 11.5 Å². The third-order valence-electron chi connectivity index (χ3n) is 7.63. The molecule has 204 valence electrons. The Hall–Kier alpha value is -4.05. The summed E-state index contributed by atoms with van der Waals surface area (Å²) < 4.78 is 11.5. The Labute approximate surface area is 251 Å². The molecule has 4 nitrogen and oxygen atoms in total. The van der Waals surface area contributed by atoms with Gasteiger partial charge in [-0.1, -0.05) is 72.8 Å². The van der Waals surface area contributed by atoms with Crippen molar-refractivity contribution in [2.24, 2.45) is 0 Å². The molecule has 0 unspecified atom stereocenters. The number of halogens is 1. The van der Waals surface area contributed by atoms with E-state index in [2.05, 4.69) is 72.8 Å². The summed E-state index contributed by atoms with van der Waals surface area (Å²) in [5, 5.41) is 3.67. The SMILES string of the molecule is COc1cccc2c1C(=O)c1c(ccc(C[P+](c3ccccc3)(c3ccccc3)c3ccccc3)c1OC)C2=O.[Br-]. The van der Waals surface area contributed by atoms with Crippen molar-refractivity contribution < 1.29 is 36.0 Å². The summed E-state index contributed by atoms with van der Waals surface area (Å²) in [5.74, 6) is 0.362. The molecule has 6 rings (SSSR count). The van der Waals surface area contributed by atoms with E-state index in [4.69, 9.17) is 9.47 Å². The maximum atomic E-state index is 14.0. The second-order valence-corrected chi connectivity index (χ2v) is 13.2. The Morgan fingerprint density at radius 1 is 0.537 bits per heavy atom. The summed E-state index contributed by atoms with van der Waals surface area (Å²) >= 11 is 0. The molecule has 0 spiro atoms. The number of hydrogen-bond donors (Lipinski definition) is 0. The highest BCUT2D eigenvalue weighted by Crippen LogP contribution is 2.59. The zero-order valence-corrected chi connectivity index (χ0v) is 25.2. The van der Waals surface area contributed by atoms with E-state index >= 15 is 0 Å². The predicted octanol–water partition coefficient (Wildman–Crippen LogP) is 2.98. The number of methoxy groups -OCH3 is 2. The molecule has 0 fully saturated rings. The van der Waals surface area contributed by atoms with Crippen molar-refractivity contribution in [3.05, 3.63) is 149 Å². The van der Waals surface area contributed by atoms with E-state index in [1.807, 2.05) is 24.3 Å². The van der Waals surface area contributed by atoms with Crippen molar-refractivity contribution in [1.82, 2.24) is 0 Å². The topological polar surface area (TPSA) is 52.6 Å². The highest BCUT2D eigenvalue weighted by Gasteiger charge is 2.47. The molecule has 5 aromatic carbocycles. The molecule has 1 aliphatic rings. The Morgan fingerprint density at radius 3 is 1.54 bits per heavy atom. The van der Waals surface area contributed by atoms with Crippen molar-refractivity contribution in [2.75, 3.05) is 14.2 Å². The second kappa shape index (κ2) is 11.8. The molecular formula is C35H28BrO4P. The quantitative estimate of drug-likeness (QED) is 0.257. The van der Waals surface area contributed by atoms with Crippen LogP contribution in [0.4, 0.5) is 0 Å². The Balaban J connectivity index is 0.00000337. The van der Waals surface area contributed by atoms with Gasteiger partial charge < -0.3 is 26.5 Å². The van der Waals surface area contributed by atoms with E-state index in [0.717, 1.165) is 5.56 Å². The molecule has 0 heterocycles. The molecule has 1 aliphatic carbocycles. The van der Waals surface area contributed by atoms with E-state index in [-0.39, 0.29) is 34.1 Å². The van der Waals surface area contributed by atoms with Gasteiger partial charge in [-0.2, -0.15) is 0 Å². The molecule has 0 radical (unpaired) electrons. The standard InChI is InChI=1S/C35H28O4P.BrH/c1-38-30-20-12-19-28-31(30)34(37)32-29(33(28)36)22-21-24(35(32)39-2)23-40(25-13-6-3-7-14-25,26-15-8-4-9-16-26)27-17-10-5-11-18-27;/h3-22H,23H2,1-2H3;1H/q+1;/p-1. The monoisotopic (exact) mass is 622 g/mol. The zero-order valence-electron chi connectivity index (χ0n) is 22.7. The largest absolute Gasteiger partial charge is 1.00 e. The van der Waals surface area contributed by atoms with Gasteiger partial charge in [0.05, 0.1) is 25.3 Å². The van der Waals surface area contributed by atoms with Crippen molar-refractivity contribution in [3.8, 4) is 11.5 Å². The van der Waals surface area contributed by atoms with Crippen LogP contribution in [0.1, 0.15) is 37.4 Å². The molecule has 0 N–H and O–H groups in total. The highest BCUT2D eigenvalue weighted by atomic mass is 79.9. The van der Waals surface area contributed by atoms with Crippen LogP contribution in [0.3, 0.4) is 0 Å². The second-order valence-electron chi connectivity index (χ2n) is 9.70. The van der Waals surface area contributed by atoms with Crippen molar-refractivity contribution in [1.29, 1.82) is 0 Å². The van der Waals surface area contributed by atoms with E-state index in [1.165, 1.54) is 23.0 Å². The van der Waals surface area contributed by atoms with E-state index in [1.54, 1.807) is 31.4 Å². The molecule has 0 aromatic heterocycles. The van der Waals surface area contributed by atoms with Gasteiger partial charge in [0.2, 0.25) is 5.78 Å². The molecule has 0 aliphatic heterocycles. The van der Waals surface area contributed by atoms with Gasteiger partial charge in [0.1, 0.15) is 40.8 Å². The molecule has 0 saturated carbocycles. The zero-order chi connectivity index (χ0) is 27.7. The average molecular weight is 623 g/mol. The maximum absolute atomic E-state index is 14.0. The fraction of sp³-hybridized carbons (Fsp3) is 0.0857. The Kier molecular flexibility index (Phi) is 8.21. The smallest absolute Gasteiger partial charge is 0.201 e. The van der Waals surface area contributed by atoms with Crippen molar-refractivity contribution in [3.63, 3.8) is 0 Å². The van der Waals surface area contributed by atoms with Crippen LogP contribution in [-0.4, -0.2) is 25.8 Å². The Bertz CT molecular complexity index is 1620. The lowest BCUT2D eigenvalue weighted by molar-refractivity contribution is -0.0000224. The normalized spacial score (nSPS) is 12.1. The minimum atomic E-state index is -2.27. The van der Waals surface area contributed by atoms with Crippen molar-refractivity contribution in [2.45, 2.75) is 6.16 Å². The van der Waals surface area contributed by atoms with Gasteiger partial charge in [0.25, 0.3) is 0 Å². The number of benzene rings is 5. The van der Waals surface area contributed by atoms with E-state index in [0.29, 0.717) is 34.4 Å². The van der Waals surface area contributed by atoms with Crippen LogP contribution in [-0.2, 0) is 6.16 Å². The Morgan fingerprint density at radius 2 is 1.05 bits per heavy atom. The predicted molar refractivity (Wildman–Crippen MR) is 162 cm³/mol. The van der Waals surface area contributed by atoms with Gasteiger partial charge in [-0.25, -0.2) is 0 Å². The number of ether oxygens (including phenoxy) is 2. The van der Waals surface area contributed by atoms with E-state index in [9.17, 15) is 9.59 Å². The summed E-state index contributed by atoms with van der Waals surface area (Å²) in [4.78, 5) is 27.6. The number of carbonyl (C=O) groups excluding carboxylic acids is 2. The summed E-state index contributed by atoms with van der Waals surface area (Å²) in [6, 6.07) is 40.5. The number of hydrogen-bond acceptors (Lipinski definition) is 4. The van der Waals surface area contributed by atoms with Crippen LogP contribution >= 0.6 is 7.26 Å². The summed E-state index contributed by atoms with van der Waals surface area (Å²) in [6.07, 6.45) is 0.613. The van der Waals surface area contributed by atoms with Crippen LogP contribution in [0.25, 0.3) is 0 Å². The maximum Gasteiger partial charge on any atom is 0.201 e. The van der Waals surface area contributed by atoms with Gasteiger partial charge in [-0.3, -0.25) is 9.59 Å². The summed E-state index contributed by atoms with van der Waals surface area (Å²) in [7, 11) is 0.812. The first-order valence-corrected chi connectivity index (χ1v) is 15.1. The summed E-state index contributed by atoms with van der Waals surface area (Å²) in [5.41, 5.74) is 2.17. The molecule has 0 amide bonds. The van der Waals surface area contributed by atoms with Gasteiger partial charge in [-0.05, 0) is 48.5 Å². The summed E-state index contributed by atoms with van der Waals surface area (Å²) in [6.45, 7) is 0. The van der Waals surface area contributed by atoms with Gasteiger partial charge in [-0.15, -0.1) is 0 Å². The van der Waals surface area contributed by atoms with Crippen molar-refractivity contribution >= 4 is 34.7 Å². The average Bonchev–Trinajstić information content (AvgIpc) is 3.03. The minimum Gasteiger partial charge on any atom is -1.00 e. The third-order valence-corrected chi connectivity index (χ3v) is 12.0. The number of ketones is 2. The lowest BCUT2D eigenvalue weighted by atomic mass is 9.82. The lowest BCUT2D eigenvalue weighted by Crippen LogP contribution is -3.00. The van der Waals surface area contributed by atoms with Crippen LogP contribution in [0, 0.1) is 0 Å². The lowest BCUT2D eigenvalue weighted by Gasteiger charge is -2.29. The van der Waals surface area contributed by atoms with Crippen LogP contribution in [0.15, 0.2) is 121 Å². The van der Waals surface area contributed by atoms with Gasteiger partial charge in [0, 0.05) is 16.7 Å². The molecule has 0 bridgehead atoms. The van der Waals surface area contributed by atoms with Crippen LogP contribution in [0.2, 0.25) is 0 Å². The van der Waals surface area contributed by atoms with Gasteiger partial charge in [0.15, 0.2) is 5.78 Å². The molecule has 6 heteroatoms. The number of fused-ring (bicyclic) bond motifs is 2. The number of carbonyl (C=O) groups is 2. The fourth-order valence-corrected chi connectivity index (χ4v) is 10.1. The minimum absolute atomic E-state index is 0. The molecular weight excluding hydrogens is 595 g/mol. The molecule has 41 heavy (non-hydrogen) atoms. The first-order chi connectivity index (χ1) is 19.6. The molecule has 5 aromatic rings. The van der Waals surface area contributed by atoms with Crippen LogP contribution < -0.4 is 42.4 Å². The van der Waals surface area contributed by atoms with Gasteiger partial charge >= 0.3 is 0 Å². The molecule has 0 saturated heterocycles. The molecule has 0 atom stereocenters. The fourth-order valence-electron chi connectivity index (χ4n) is 5.82. The third kappa shape index (κ3) is 4.69. The first kappa shape index (κ1) is 28.5. The van der Waals surface area contributed by atoms with E-state index < -0.39 is 7.26 Å². The highest BCUT2D eigenvalue weighted by molar-refractivity contribution is 7.95. The first-order valence-electron chi connectivity index (χ1n) is 13.1.